The van der Waals surface area contributed by atoms with E-state index in [4.69, 9.17) is 16.3 Å². The third kappa shape index (κ3) is 6.01. The molecule has 0 bridgehead atoms. The maximum Gasteiger partial charge on any atom is 0.242 e. The first-order valence-electron chi connectivity index (χ1n) is 10.8. The van der Waals surface area contributed by atoms with Crippen LogP contribution < -0.4 is 4.74 Å². The Labute approximate surface area is 193 Å². The van der Waals surface area contributed by atoms with Gasteiger partial charge >= 0.3 is 0 Å². The summed E-state index contributed by atoms with van der Waals surface area (Å²) >= 11 is 7.69. The van der Waals surface area contributed by atoms with Crippen molar-refractivity contribution in [3.63, 3.8) is 0 Å². The zero-order valence-corrected chi connectivity index (χ0v) is 20.2. The van der Waals surface area contributed by atoms with Crippen LogP contribution in [0.15, 0.2) is 35.7 Å². The summed E-state index contributed by atoms with van der Waals surface area (Å²) in [5, 5.41) is 2.73. The number of thiophene rings is 1. The highest BCUT2D eigenvalue weighted by atomic mass is 35.5. The van der Waals surface area contributed by atoms with E-state index in [1.807, 2.05) is 30.9 Å². The van der Waals surface area contributed by atoms with Gasteiger partial charge in [-0.1, -0.05) is 39.3 Å². The van der Waals surface area contributed by atoms with Gasteiger partial charge in [0.05, 0.1) is 12.6 Å². The quantitative estimate of drug-likeness (QED) is 0.551. The molecule has 2 heterocycles. The van der Waals surface area contributed by atoms with Crippen LogP contribution in [0.3, 0.4) is 0 Å². The van der Waals surface area contributed by atoms with E-state index in [1.165, 1.54) is 4.88 Å². The van der Waals surface area contributed by atoms with E-state index < -0.39 is 0 Å². The molecule has 1 aromatic carbocycles. The molecule has 0 N–H and O–H groups in total. The number of carbonyl (C=O) groups excluding carboxylic acids is 2. The number of nitrogens with zero attached hydrogens (tertiary/aromatic N) is 2. The molecule has 0 spiro atoms. The van der Waals surface area contributed by atoms with Crippen molar-refractivity contribution in [1.82, 2.24) is 9.80 Å². The highest BCUT2D eigenvalue weighted by molar-refractivity contribution is 7.10. The van der Waals surface area contributed by atoms with E-state index in [1.54, 1.807) is 28.4 Å². The van der Waals surface area contributed by atoms with Crippen molar-refractivity contribution in [2.75, 3.05) is 26.2 Å². The Hall–Kier alpha value is -2.05. The Kier molecular flexibility index (Phi) is 8.00. The first kappa shape index (κ1) is 23.6. The van der Waals surface area contributed by atoms with Gasteiger partial charge < -0.3 is 14.5 Å². The first-order valence-corrected chi connectivity index (χ1v) is 12.0. The fourth-order valence-electron chi connectivity index (χ4n) is 3.87. The average molecular weight is 463 g/mol. The summed E-state index contributed by atoms with van der Waals surface area (Å²) in [6, 6.07) is 9.15. The third-order valence-corrected chi connectivity index (χ3v) is 6.60. The van der Waals surface area contributed by atoms with Gasteiger partial charge in [0, 0.05) is 28.9 Å². The number of rotatable bonds is 8. The predicted molar refractivity (Wildman–Crippen MR) is 126 cm³/mol. The van der Waals surface area contributed by atoms with Crippen molar-refractivity contribution in [2.24, 2.45) is 11.8 Å². The summed E-state index contributed by atoms with van der Waals surface area (Å²) < 4.78 is 6.03. The van der Waals surface area contributed by atoms with Crippen LogP contribution in [-0.2, 0) is 16.0 Å². The molecule has 0 saturated heterocycles. The third-order valence-electron chi connectivity index (χ3n) is 5.35. The minimum absolute atomic E-state index is 0.0178. The van der Waals surface area contributed by atoms with Gasteiger partial charge in [0.1, 0.15) is 12.4 Å². The van der Waals surface area contributed by atoms with Crippen LogP contribution in [0, 0.1) is 11.8 Å². The van der Waals surface area contributed by atoms with Gasteiger partial charge in [-0.15, -0.1) is 11.3 Å². The maximum absolute atomic E-state index is 13.4. The van der Waals surface area contributed by atoms with Gasteiger partial charge in [0.25, 0.3) is 0 Å². The van der Waals surface area contributed by atoms with Crippen LogP contribution in [0.1, 0.15) is 44.2 Å². The van der Waals surface area contributed by atoms with Gasteiger partial charge in [-0.25, -0.2) is 0 Å². The molecule has 1 atom stereocenters. The molecule has 5 nitrogen and oxygen atoms in total. The summed E-state index contributed by atoms with van der Waals surface area (Å²) in [4.78, 5) is 31.0. The number of fused-ring (bicyclic) bond motifs is 1. The molecule has 0 fully saturated rings. The van der Waals surface area contributed by atoms with Crippen LogP contribution in [0.2, 0.25) is 5.02 Å². The molecule has 1 aliphatic rings. The van der Waals surface area contributed by atoms with E-state index in [9.17, 15) is 9.59 Å². The van der Waals surface area contributed by atoms with Gasteiger partial charge in [-0.2, -0.15) is 0 Å². The van der Waals surface area contributed by atoms with Crippen molar-refractivity contribution in [2.45, 2.75) is 40.2 Å². The monoisotopic (exact) mass is 462 g/mol. The minimum Gasteiger partial charge on any atom is -0.491 e. The lowest BCUT2D eigenvalue weighted by molar-refractivity contribution is -0.144. The van der Waals surface area contributed by atoms with E-state index in [0.717, 1.165) is 17.7 Å². The van der Waals surface area contributed by atoms with Gasteiger partial charge in [-0.05, 0) is 53.6 Å². The highest BCUT2D eigenvalue weighted by Crippen LogP contribution is 2.34. The van der Waals surface area contributed by atoms with E-state index in [2.05, 4.69) is 25.3 Å². The van der Waals surface area contributed by atoms with Gasteiger partial charge in [0.2, 0.25) is 11.8 Å². The maximum atomic E-state index is 13.4. The topological polar surface area (TPSA) is 49.9 Å². The second-order valence-electron chi connectivity index (χ2n) is 8.68. The lowest BCUT2D eigenvalue weighted by Crippen LogP contribution is -2.49. The van der Waals surface area contributed by atoms with Crippen molar-refractivity contribution in [1.29, 1.82) is 0 Å². The molecule has 0 aliphatic carbocycles. The first-order chi connectivity index (χ1) is 14.8. The number of carbonyl (C=O) groups is 2. The van der Waals surface area contributed by atoms with Crippen molar-refractivity contribution in [3.8, 4) is 5.75 Å². The Morgan fingerprint density at radius 3 is 2.55 bits per heavy atom. The highest BCUT2D eigenvalue weighted by Gasteiger charge is 2.33. The molecule has 7 heteroatoms. The zero-order valence-electron chi connectivity index (χ0n) is 18.6. The molecular weight excluding hydrogens is 432 g/mol. The van der Waals surface area contributed by atoms with E-state index in [0.29, 0.717) is 30.6 Å². The standard InChI is InChI=1S/C24H31ClN2O3S/c1-16(2)13-26(24(29)17(3)4)14-23(28)27-11-9-22-20(10-12-31-22)21(27)15-30-19-7-5-18(25)6-8-19/h5-8,10,12,16-17,21H,9,11,13-15H2,1-4H3/t21-/m1/s1. The Bertz CT molecular complexity index is 894. The number of amides is 2. The van der Waals surface area contributed by atoms with E-state index in [-0.39, 0.29) is 30.3 Å². The fourth-order valence-corrected chi connectivity index (χ4v) is 4.93. The number of hydrogen-bond donors (Lipinski definition) is 0. The van der Waals surface area contributed by atoms with Crippen LogP contribution in [0.5, 0.6) is 5.75 Å². The molecule has 3 rings (SSSR count). The molecule has 1 aliphatic heterocycles. The Balaban J connectivity index is 1.77. The summed E-state index contributed by atoms with van der Waals surface area (Å²) in [7, 11) is 0. The van der Waals surface area contributed by atoms with Crippen molar-refractivity contribution in [3.05, 3.63) is 51.2 Å². The molecule has 0 saturated carbocycles. The lowest BCUT2D eigenvalue weighted by atomic mass is 10.00. The van der Waals surface area contributed by atoms with Crippen molar-refractivity contribution < 1.29 is 14.3 Å². The fraction of sp³-hybridized carbons (Fsp3) is 0.500. The predicted octanol–water partition coefficient (Wildman–Crippen LogP) is 5.05. The number of halogens is 1. The van der Waals surface area contributed by atoms with Crippen molar-refractivity contribution >= 4 is 34.8 Å². The molecule has 168 valence electrons. The molecule has 2 amide bonds. The summed E-state index contributed by atoms with van der Waals surface area (Å²) in [6.07, 6.45) is 0.832. The van der Waals surface area contributed by atoms with Crippen LogP contribution in [-0.4, -0.2) is 47.9 Å². The average Bonchev–Trinajstić information content (AvgIpc) is 3.20. The summed E-state index contributed by atoms with van der Waals surface area (Å²) in [5.74, 6) is 0.862. The van der Waals surface area contributed by atoms with E-state index >= 15 is 0 Å². The summed E-state index contributed by atoms with van der Waals surface area (Å²) in [6.45, 7) is 9.55. The summed E-state index contributed by atoms with van der Waals surface area (Å²) in [5.41, 5.74) is 1.14. The second-order valence-corrected chi connectivity index (χ2v) is 10.1. The Morgan fingerprint density at radius 1 is 1.19 bits per heavy atom. The molecule has 31 heavy (non-hydrogen) atoms. The molecule has 0 unspecified atom stereocenters. The zero-order chi connectivity index (χ0) is 22.5. The minimum atomic E-state index is -0.173. The van der Waals surface area contributed by atoms with Gasteiger partial charge in [0.15, 0.2) is 0 Å². The van der Waals surface area contributed by atoms with Crippen LogP contribution in [0.25, 0.3) is 0 Å². The largest absolute Gasteiger partial charge is 0.491 e. The molecule has 2 aromatic rings. The number of benzene rings is 1. The Morgan fingerprint density at radius 2 is 1.90 bits per heavy atom. The molecular formula is C24H31ClN2O3S. The number of ether oxygens (including phenoxy) is 1. The molecule has 1 aromatic heterocycles. The van der Waals surface area contributed by atoms with Crippen LogP contribution >= 0.6 is 22.9 Å². The van der Waals surface area contributed by atoms with Gasteiger partial charge in [-0.3, -0.25) is 9.59 Å². The normalized spacial score (nSPS) is 15.8. The smallest absolute Gasteiger partial charge is 0.242 e. The lowest BCUT2D eigenvalue weighted by Gasteiger charge is -2.37. The molecule has 0 radical (unpaired) electrons. The van der Waals surface area contributed by atoms with Crippen LogP contribution in [0.4, 0.5) is 0 Å². The number of hydrogen-bond acceptors (Lipinski definition) is 4. The second kappa shape index (κ2) is 10.5. The SMILES string of the molecule is CC(C)CN(CC(=O)N1CCc2sccc2[C@H]1COc1ccc(Cl)cc1)C(=O)C(C)C.